The van der Waals surface area contributed by atoms with Crippen LogP contribution in [0.4, 0.5) is 0 Å². The monoisotopic (exact) mass is 487 g/mol. The van der Waals surface area contributed by atoms with Gasteiger partial charge in [-0.2, -0.15) is 0 Å². The van der Waals surface area contributed by atoms with Gasteiger partial charge >= 0.3 is 0 Å². The molecule has 0 aromatic heterocycles. The highest BCUT2D eigenvalue weighted by Crippen LogP contribution is 2.31. The highest BCUT2D eigenvalue weighted by Gasteiger charge is 2.21. The van der Waals surface area contributed by atoms with E-state index in [1.807, 2.05) is 6.92 Å². The van der Waals surface area contributed by atoms with Crippen molar-refractivity contribution in [1.29, 1.82) is 0 Å². The van der Waals surface area contributed by atoms with Gasteiger partial charge in [-0.05, 0) is 38.0 Å². The normalized spacial score (nSPS) is 22.8. The Labute approximate surface area is 172 Å². The molecule has 0 aliphatic heterocycles. The van der Waals surface area contributed by atoms with Crippen LogP contribution in [-0.2, 0) is 9.84 Å². The van der Waals surface area contributed by atoms with Crippen LogP contribution in [0, 0.1) is 11.8 Å². The van der Waals surface area contributed by atoms with Crippen LogP contribution in [0.3, 0.4) is 0 Å². The smallest absolute Gasteiger partial charge is 0.191 e. The average Bonchev–Trinajstić information content (AvgIpc) is 2.55. The zero-order valence-corrected chi connectivity index (χ0v) is 19.5. The lowest BCUT2D eigenvalue weighted by Crippen LogP contribution is -2.44. The highest BCUT2D eigenvalue weighted by atomic mass is 127. The second-order valence-electron chi connectivity index (χ2n) is 7.45. The minimum Gasteiger partial charge on any atom is -0.356 e. The number of sulfone groups is 1. The number of nitrogens with zero attached hydrogens (tertiary/aromatic N) is 1. The molecule has 0 aromatic carbocycles. The molecule has 0 aromatic rings. The van der Waals surface area contributed by atoms with Gasteiger partial charge in [0.2, 0.25) is 0 Å². The molecule has 0 amide bonds. The maximum Gasteiger partial charge on any atom is 0.191 e. The Morgan fingerprint density at radius 3 is 2.32 bits per heavy atom. The SMILES string of the molecule is CCCCC1CCC(CNC(=NC)NC(C)CCS(C)(=O)=O)CC1.I. The molecule has 1 aliphatic carbocycles. The van der Waals surface area contributed by atoms with Crippen LogP contribution in [-0.4, -0.2) is 46.0 Å². The Hall–Kier alpha value is -0.0500. The first-order chi connectivity index (χ1) is 11.3. The van der Waals surface area contributed by atoms with E-state index >= 15 is 0 Å². The van der Waals surface area contributed by atoms with Gasteiger partial charge in [0, 0.05) is 25.9 Å². The van der Waals surface area contributed by atoms with E-state index in [2.05, 4.69) is 22.5 Å². The van der Waals surface area contributed by atoms with Crippen molar-refractivity contribution in [3.8, 4) is 0 Å². The molecule has 0 heterocycles. The minimum absolute atomic E-state index is 0. The summed E-state index contributed by atoms with van der Waals surface area (Å²) in [6.07, 6.45) is 11.3. The number of guanidine groups is 1. The zero-order chi connectivity index (χ0) is 18.0. The molecule has 1 unspecified atom stereocenters. The van der Waals surface area contributed by atoms with E-state index in [0.29, 0.717) is 6.42 Å². The molecule has 25 heavy (non-hydrogen) atoms. The van der Waals surface area contributed by atoms with E-state index in [9.17, 15) is 8.42 Å². The third-order valence-corrected chi connectivity index (χ3v) is 6.00. The number of halogens is 1. The molecule has 7 heteroatoms. The number of rotatable bonds is 9. The Morgan fingerprint density at radius 2 is 1.80 bits per heavy atom. The van der Waals surface area contributed by atoms with Gasteiger partial charge < -0.3 is 10.6 Å². The summed E-state index contributed by atoms with van der Waals surface area (Å²) >= 11 is 0. The van der Waals surface area contributed by atoms with E-state index in [1.54, 1.807) is 7.05 Å². The van der Waals surface area contributed by atoms with Gasteiger partial charge in [-0.15, -0.1) is 24.0 Å². The van der Waals surface area contributed by atoms with Gasteiger partial charge in [-0.1, -0.05) is 39.0 Å². The maximum atomic E-state index is 11.2. The summed E-state index contributed by atoms with van der Waals surface area (Å²) in [4.78, 5) is 4.26. The van der Waals surface area contributed by atoms with Gasteiger partial charge in [0.1, 0.15) is 9.84 Å². The van der Waals surface area contributed by atoms with Gasteiger partial charge in [0.05, 0.1) is 5.75 Å². The van der Waals surface area contributed by atoms with Crippen LogP contribution in [0.5, 0.6) is 0 Å². The molecule has 0 saturated heterocycles. The van der Waals surface area contributed by atoms with Crippen molar-refractivity contribution in [2.75, 3.05) is 25.6 Å². The van der Waals surface area contributed by atoms with Crippen molar-refractivity contribution < 1.29 is 8.42 Å². The Kier molecular flexibility index (Phi) is 13.1. The Balaban J connectivity index is 0.00000576. The summed E-state index contributed by atoms with van der Waals surface area (Å²) in [5, 5.41) is 6.70. The van der Waals surface area contributed by atoms with Gasteiger partial charge in [0.25, 0.3) is 0 Å². The van der Waals surface area contributed by atoms with Crippen LogP contribution in [0.2, 0.25) is 0 Å². The molecule has 5 nitrogen and oxygen atoms in total. The topological polar surface area (TPSA) is 70.6 Å². The lowest BCUT2D eigenvalue weighted by Gasteiger charge is -2.29. The fourth-order valence-electron chi connectivity index (χ4n) is 3.35. The van der Waals surface area contributed by atoms with Crippen LogP contribution in [0.15, 0.2) is 4.99 Å². The molecular formula is C18H38IN3O2S. The Bertz CT molecular complexity index is 475. The largest absolute Gasteiger partial charge is 0.356 e. The maximum absolute atomic E-state index is 11.2. The van der Waals surface area contributed by atoms with E-state index in [1.165, 1.54) is 51.2 Å². The van der Waals surface area contributed by atoms with E-state index in [0.717, 1.165) is 24.3 Å². The number of hydrogen-bond donors (Lipinski definition) is 2. The standard InChI is InChI=1S/C18H37N3O2S.HI/c1-5-6-7-16-8-10-17(11-9-16)14-20-18(19-3)21-15(2)12-13-24(4,22)23;/h15-17H,5-14H2,1-4H3,(H2,19,20,21);1H. The number of unbranched alkanes of at least 4 members (excludes halogenated alkanes) is 1. The van der Waals surface area contributed by atoms with E-state index in [-0.39, 0.29) is 35.8 Å². The number of hydrogen-bond acceptors (Lipinski definition) is 3. The minimum atomic E-state index is -2.90. The summed E-state index contributed by atoms with van der Waals surface area (Å²) in [7, 11) is -1.14. The van der Waals surface area contributed by atoms with Gasteiger partial charge in [-0.3, -0.25) is 4.99 Å². The molecule has 0 spiro atoms. The van der Waals surface area contributed by atoms with Crippen molar-refractivity contribution in [3.63, 3.8) is 0 Å². The molecule has 1 saturated carbocycles. The van der Waals surface area contributed by atoms with Crippen LogP contribution < -0.4 is 10.6 Å². The molecule has 1 aliphatic rings. The molecule has 1 atom stereocenters. The van der Waals surface area contributed by atoms with Crippen molar-refractivity contribution in [2.45, 2.75) is 71.3 Å². The predicted molar refractivity (Wildman–Crippen MR) is 119 cm³/mol. The first kappa shape index (κ1) is 24.9. The van der Waals surface area contributed by atoms with Crippen molar-refractivity contribution in [1.82, 2.24) is 10.6 Å². The summed E-state index contributed by atoms with van der Waals surface area (Å²) < 4.78 is 22.5. The quantitative estimate of drug-likeness (QED) is 0.296. The van der Waals surface area contributed by atoms with Crippen molar-refractivity contribution >= 4 is 39.8 Å². The Morgan fingerprint density at radius 1 is 1.20 bits per heavy atom. The highest BCUT2D eigenvalue weighted by molar-refractivity contribution is 14.0. The predicted octanol–water partition coefficient (Wildman–Crippen LogP) is 3.59. The average molecular weight is 487 g/mol. The third-order valence-electron chi connectivity index (χ3n) is 5.02. The van der Waals surface area contributed by atoms with Crippen LogP contribution in [0.25, 0.3) is 0 Å². The molecule has 0 bridgehead atoms. The zero-order valence-electron chi connectivity index (χ0n) is 16.4. The number of aliphatic imine (C=N–C) groups is 1. The van der Waals surface area contributed by atoms with Crippen LogP contribution in [0.1, 0.15) is 65.2 Å². The summed E-state index contributed by atoms with van der Waals surface area (Å²) in [5.74, 6) is 2.66. The third kappa shape index (κ3) is 12.0. The second-order valence-corrected chi connectivity index (χ2v) is 9.71. The fourth-order valence-corrected chi connectivity index (χ4v) is 4.13. The fraction of sp³-hybridized carbons (Fsp3) is 0.944. The second kappa shape index (κ2) is 13.2. The van der Waals surface area contributed by atoms with Crippen LogP contribution >= 0.6 is 24.0 Å². The molecule has 1 fully saturated rings. The lowest BCUT2D eigenvalue weighted by molar-refractivity contribution is 0.259. The van der Waals surface area contributed by atoms with E-state index < -0.39 is 9.84 Å². The van der Waals surface area contributed by atoms with E-state index in [4.69, 9.17) is 0 Å². The van der Waals surface area contributed by atoms with Gasteiger partial charge in [-0.25, -0.2) is 8.42 Å². The first-order valence-corrected chi connectivity index (χ1v) is 11.5. The van der Waals surface area contributed by atoms with Gasteiger partial charge in [0.15, 0.2) is 5.96 Å². The summed E-state index contributed by atoms with van der Waals surface area (Å²) in [5.41, 5.74) is 0. The summed E-state index contributed by atoms with van der Waals surface area (Å²) in [6.45, 7) is 5.22. The number of nitrogens with one attached hydrogen (secondary N) is 2. The lowest BCUT2D eigenvalue weighted by atomic mass is 9.80. The summed E-state index contributed by atoms with van der Waals surface area (Å²) in [6, 6.07) is 0.0932. The van der Waals surface area contributed by atoms with Crippen molar-refractivity contribution in [2.24, 2.45) is 16.8 Å². The first-order valence-electron chi connectivity index (χ1n) is 9.49. The molecule has 0 radical (unpaired) electrons. The molecule has 1 rings (SSSR count). The van der Waals surface area contributed by atoms with Crippen molar-refractivity contribution in [3.05, 3.63) is 0 Å². The molecular weight excluding hydrogens is 449 g/mol. The molecule has 2 N–H and O–H groups in total. The molecule has 150 valence electrons.